The molecule has 5 aromatic rings. The van der Waals surface area contributed by atoms with Crippen molar-refractivity contribution in [3.05, 3.63) is 84.5 Å². The number of hydrogen-bond donors (Lipinski definition) is 1. The molecule has 1 aliphatic heterocycles. The number of carbonyl (C=O) groups excluding carboxylic acids is 1. The summed E-state index contributed by atoms with van der Waals surface area (Å²) in [5, 5.41) is 11.7. The number of halogens is 1. The number of ether oxygens (including phenoxy) is 1. The minimum absolute atomic E-state index is 0.00919. The van der Waals surface area contributed by atoms with Crippen molar-refractivity contribution in [2.24, 2.45) is 0 Å². The van der Waals surface area contributed by atoms with Crippen LogP contribution in [0.1, 0.15) is 29.9 Å². The first-order chi connectivity index (χ1) is 20.4. The van der Waals surface area contributed by atoms with E-state index in [1.807, 2.05) is 67.2 Å². The van der Waals surface area contributed by atoms with Crippen LogP contribution in [0.5, 0.6) is 11.5 Å². The molecule has 216 valence electrons. The van der Waals surface area contributed by atoms with Gasteiger partial charge in [-0.25, -0.2) is 23.4 Å². The Morgan fingerprint density at radius 3 is 2.69 bits per heavy atom. The lowest BCUT2D eigenvalue weighted by Gasteiger charge is -2.31. The summed E-state index contributed by atoms with van der Waals surface area (Å²) in [6.07, 6.45) is 10.9. The number of likely N-dealkylation sites (tertiary alicyclic amines) is 1. The SMILES string of the molecule is Cc1cc(Nc2ncnn3cc(F)c(C4CCN(C(=O)/C=C/CN(C)C)CC4)c23)ccc1Oc1ccn2ncnc2c1. The third-order valence-corrected chi connectivity index (χ3v) is 7.43. The monoisotopic (exact) mass is 569 g/mol. The molecule has 0 aliphatic carbocycles. The number of aryl methyl sites for hydroxylation is 1. The third-order valence-electron chi connectivity index (χ3n) is 7.43. The molecular formula is C30H32FN9O2. The number of fused-ring (bicyclic) bond motifs is 2. The Hall–Kier alpha value is -4.84. The van der Waals surface area contributed by atoms with Gasteiger partial charge in [-0.15, -0.1) is 0 Å². The number of nitrogens with zero attached hydrogens (tertiary/aromatic N) is 8. The van der Waals surface area contributed by atoms with Crippen LogP contribution in [0.3, 0.4) is 0 Å². The first-order valence-electron chi connectivity index (χ1n) is 13.8. The third kappa shape index (κ3) is 5.66. The summed E-state index contributed by atoms with van der Waals surface area (Å²) in [5.41, 5.74) is 3.57. The maximum absolute atomic E-state index is 15.4. The smallest absolute Gasteiger partial charge is 0.246 e. The maximum atomic E-state index is 15.4. The molecule has 1 fully saturated rings. The van der Waals surface area contributed by atoms with E-state index in [9.17, 15) is 4.79 Å². The van der Waals surface area contributed by atoms with E-state index in [0.717, 1.165) is 11.3 Å². The molecule has 0 spiro atoms. The Kier molecular flexibility index (Phi) is 7.53. The molecule has 1 amide bonds. The second-order valence-electron chi connectivity index (χ2n) is 10.7. The number of benzene rings is 1. The van der Waals surface area contributed by atoms with Gasteiger partial charge in [0.15, 0.2) is 11.5 Å². The van der Waals surface area contributed by atoms with E-state index in [1.54, 1.807) is 16.8 Å². The van der Waals surface area contributed by atoms with Crippen molar-refractivity contribution in [1.82, 2.24) is 39.0 Å². The normalized spacial score (nSPS) is 14.5. The van der Waals surface area contributed by atoms with E-state index in [2.05, 4.69) is 25.5 Å². The van der Waals surface area contributed by atoms with E-state index >= 15 is 4.39 Å². The minimum atomic E-state index is -0.321. The molecule has 0 bridgehead atoms. The van der Waals surface area contributed by atoms with Gasteiger partial charge in [-0.2, -0.15) is 10.2 Å². The fourth-order valence-electron chi connectivity index (χ4n) is 5.31. The molecule has 0 unspecified atom stereocenters. The molecule has 1 N–H and O–H groups in total. The van der Waals surface area contributed by atoms with Gasteiger partial charge in [0, 0.05) is 49.2 Å². The Morgan fingerprint density at radius 1 is 1.12 bits per heavy atom. The lowest BCUT2D eigenvalue weighted by atomic mass is 9.89. The number of rotatable bonds is 8. The molecule has 0 saturated carbocycles. The van der Waals surface area contributed by atoms with Gasteiger partial charge in [0.25, 0.3) is 0 Å². The molecule has 11 nitrogen and oxygen atoms in total. The second kappa shape index (κ2) is 11.6. The van der Waals surface area contributed by atoms with Crippen LogP contribution in [0, 0.1) is 12.7 Å². The molecular weight excluding hydrogens is 537 g/mol. The lowest BCUT2D eigenvalue weighted by molar-refractivity contribution is -0.127. The number of hydrogen-bond acceptors (Lipinski definition) is 8. The Labute approximate surface area is 242 Å². The van der Waals surface area contributed by atoms with Crippen LogP contribution in [0.15, 0.2) is 67.5 Å². The zero-order valence-corrected chi connectivity index (χ0v) is 23.7. The van der Waals surface area contributed by atoms with Crippen LogP contribution in [0.4, 0.5) is 15.9 Å². The fraction of sp³-hybridized carbons (Fsp3) is 0.300. The molecule has 5 heterocycles. The average Bonchev–Trinajstić information content (AvgIpc) is 3.58. The summed E-state index contributed by atoms with van der Waals surface area (Å²) in [6.45, 7) is 3.79. The van der Waals surface area contributed by atoms with Crippen molar-refractivity contribution in [2.75, 3.05) is 39.0 Å². The van der Waals surface area contributed by atoms with E-state index in [4.69, 9.17) is 4.74 Å². The molecule has 1 aromatic carbocycles. The highest BCUT2D eigenvalue weighted by Crippen LogP contribution is 2.37. The molecule has 42 heavy (non-hydrogen) atoms. The van der Waals surface area contributed by atoms with Gasteiger partial charge in [-0.1, -0.05) is 6.08 Å². The lowest BCUT2D eigenvalue weighted by Crippen LogP contribution is -2.37. The van der Waals surface area contributed by atoms with E-state index in [1.165, 1.54) is 23.4 Å². The number of nitrogens with one attached hydrogen (secondary N) is 1. The number of anilines is 2. The summed E-state index contributed by atoms with van der Waals surface area (Å²) >= 11 is 0. The van der Waals surface area contributed by atoms with Crippen molar-refractivity contribution >= 4 is 28.6 Å². The van der Waals surface area contributed by atoms with Gasteiger partial charge in [0.2, 0.25) is 5.91 Å². The van der Waals surface area contributed by atoms with Crippen molar-refractivity contribution in [3.8, 4) is 11.5 Å². The van der Waals surface area contributed by atoms with Crippen molar-refractivity contribution in [1.29, 1.82) is 0 Å². The average molecular weight is 570 g/mol. The van der Waals surface area contributed by atoms with Gasteiger partial charge in [0.1, 0.15) is 35.5 Å². The molecule has 6 rings (SSSR count). The van der Waals surface area contributed by atoms with E-state index in [0.29, 0.717) is 66.5 Å². The number of piperidine rings is 1. The van der Waals surface area contributed by atoms with E-state index in [-0.39, 0.29) is 17.6 Å². The predicted molar refractivity (Wildman–Crippen MR) is 157 cm³/mol. The quantitative estimate of drug-likeness (QED) is 0.271. The highest BCUT2D eigenvalue weighted by Gasteiger charge is 2.29. The zero-order chi connectivity index (χ0) is 29.2. The van der Waals surface area contributed by atoms with Crippen LogP contribution in [0.25, 0.3) is 11.2 Å². The molecule has 1 saturated heterocycles. The Balaban J connectivity index is 1.19. The number of amides is 1. The van der Waals surface area contributed by atoms with Gasteiger partial charge < -0.3 is 19.9 Å². The second-order valence-corrected chi connectivity index (χ2v) is 10.7. The van der Waals surface area contributed by atoms with Crippen molar-refractivity contribution in [3.63, 3.8) is 0 Å². The summed E-state index contributed by atoms with van der Waals surface area (Å²) in [5.74, 6) is 1.48. The maximum Gasteiger partial charge on any atom is 0.246 e. The highest BCUT2D eigenvalue weighted by atomic mass is 19.1. The van der Waals surface area contributed by atoms with Crippen LogP contribution in [-0.2, 0) is 4.79 Å². The van der Waals surface area contributed by atoms with Gasteiger partial charge in [-0.3, -0.25) is 4.79 Å². The van der Waals surface area contributed by atoms with Gasteiger partial charge >= 0.3 is 0 Å². The highest BCUT2D eigenvalue weighted by molar-refractivity contribution is 5.87. The summed E-state index contributed by atoms with van der Waals surface area (Å²) < 4.78 is 24.7. The first-order valence-corrected chi connectivity index (χ1v) is 13.8. The van der Waals surface area contributed by atoms with Crippen LogP contribution < -0.4 is 10.1 Å². The summed E-state index contributed by atoms with van der Waals surface area (Å²) in [4.78, 5) is 25.1. The molecule has 0 atom stereocenters. The molecule has 0 radical (unpaired) electrons. The van der Waals surface area contributed by atoms with Crippen molar-refractivity contribution in [2.45, 2.75) is 25.7 Å². The number of aromatic nitrogens is 6. The van der Waals surface area contributed by atoms with Crippen LogP contribution in [-0.4, -0.2) is 78.6 Å². The number of likely N-dealkylation sites (N-methyl/N-ethyl adjacent to an activating group) is 1. The fourth-order valence-corrected chi connectivity index (χ4v) is 5.31. The van der Waals surface area contributed by atoms with Gasteiger partial charge in [-0.05, 0) is 69.6 Å². The zero-order valence-electron chi connectivity index (χ0n) is 23.7. The molecule has 12 heteroatoms. The Bertz CT molecular complexity index is 1770. The van der Waals surface area contributed by atoms with Crippen LogP contribution >= 0.6 is 0 Å². The van der Waals surface area contributed by atoms with E-state index < -0.39 is 0 Å². The summed E-state index contributed by atoms with van der Waals surface area (Å²) in [7, 11) is 3.91. The standard InChI is InChI=1S/C30H32FN9O2/c1-20-15-22(6-7-25(20)42-23-10-14-39-26(16-23)32-18-34-39)36-30-29-28(24(31)17-40(29)35-19-33-30)21-8-12-38(13-9-21)27(41)5-4-11-37(2)3/h4-7,10,14-19,21H,8-9,11-13H2,1-3H3,(H,33,35,36)/b5-4+. The summed E-state index contributed by atoms with van der Waals surface area (Å²) in [6, 6.07) is 9.38. The van der Waals surface area contributed by atoms with Crippen LogP contribution in [0.2, 0.25) is 0 Å². The molecule has 1 aliphatic rings. The van der Waals surface area contributed by atoms with Gasteiger partial charge in [0.05, 0.1) is 6.20 Å². The topological polar surface area (TPSA) is 105 Å². The van der Waals surface area contributed by atoms with Crippen molar-refractivity contribution < 1.29 is 13.9 Å². The molecule has 4 aromatic heterocycles. The largest absolute Gasteiger partial charge is 0.457 e. The minimum Gasteiger partial charge on any atom is -0.457 e. The number of pyridine rings is 1. The Morgan fingerprint density at radius 2 is 1.90 bits per heavy atom. The predicted octanol–water partition coefficient (Wildman–Crippen LogP) is 4.58. The number of carbonyl (C=O) groups is 1. The first kappa shape index (κ1) is 27.3.